The number of piperidine rings is 1. The maximum absolute atomic E-state index is 13.6. The van der Waals surface area contributed by atoms with Crippen LogP contribution in [0.4, 0.5) is 4.39 Å². The standard InChI is InChI=1S/C12H14ClFN2O.ClH/c13-10-5-1-4-9(11(10)14)12(17)16-8-3-2-6-15-7-8;/h1,4-5,8,15H,2-3,6-7H2,(H,16,17);1H. The SMILES string of the molecule is Cl.O=C(NC1CCCNC1)c1cccc(Cl)c1F. The Balaban J connectivity index is 0.00000162. The molecule has 0 radical (unpaired) electrons. The molecule has 0 saturated carbocycles. The van der Waals surface area contributed by atoms with Crippen molar-refractivity contribution in [3.8, 4) is 0 Å². The van der Waals surface area contributed by atoms with Crippen LogP contribution in [-0.4, -0.2) is 25.0 Å². The molecule has 0 bridgehead atoms. The van der Waals surface area contributed by atoms with Gasteiger partial charge in [0.1, 0.15) is 0 Å². The number of hydrogen-bond acceptors (Lipinski definition) is 2. The Hall–Kier alpha value is -0.840. The van der Waals surface area contributed by atoms with E-state index in [1.165, 1.54) is 12.1 Å². The molecule has 1 aromatic rings. The highest BCUT2D eigenvalue weighted by molar-refractivity contribution is 6.31. The fraction of sp³-hybridized carbons (Fsp3) is 0.417. The molecule has 1 heterocycles. The van der Waals surface area contributed by atoms with Crippen LogP contribution in [-0.2, 0) is 0 Å². The Morgan fingerprint density at radius 1 is 1.50 bits per heavy atom. The number of carbonyl (C=O) groups excluding carboxylic acids is 1. The summed E-state index contributed by atoms with van der Waals surface area (Å²) in [5.41, 5.74) is 0.00285. The van der Waals surface area contributed by atoms with E-state index in [9.17, 15) is 9.18 Å². The molecule has 1 aliphatic heterocycles. The maximum Gasteiger partial charge on any atom is 0.254 e. The number of halogens is 3. The van der Waals surface area contributed by atoms with Gasteiger partial charge >= 0.3 is 0 Å². The van der Waals surface area contributed by atoms with Crippen molar-refractivity contribution in [2.24, 2.45) is 0 Å². The first-order valence-electron chi connectivity index (χ1n) is 5.64. The van der Waals surface area contributed by atoms with Gasteiger partial charge in [0.15, 0.2) is 5.82 Å². The van der Waals surface area contributed by atoms with Gasteiger partial charge in [0.25, 0.3) is 5.91 Å². The van der Waals surface area contributed by atoms with Gasteiger partial charge in [0.05, 0.1) is 10.6 Å². The maximum atomic E-state index is 13.6. The minimum absolute atomic E-state index is 0. The van der Waals surface area contributed by atoms with Crippen LogP contribution in [0.5, 0.6) is 0 Å². The lowest BCUT2D eigenvalue weighted by atomic mass is 10.1. The molecule has 0 spiro atoms. The van der Waals surface area contributed by atoms with Gasteiger partial charge in [0.2, 0.25) is 0 Å². The molecule has 6 heteroatoms. The van der Waals surface area contributed by atoms with Crippen LogP contribution in [0.3, 0.4) is 0 Å². The van der Waals surface area contributed by atoms with E-state index in [-0.39, 0.29) is 29.0 Å². The van der Waals surface area contributed by atoms with Gasteiger partial charge < -0.3 is 10.6 Å². The van der Waals surface area contributed by atoms with Gasteiger partial charge in [-0.1, -0.05) is 17.7 Å². The number of nitrogens with one attached hydrogen (secondary N) is 2. The molecule has 18 heavy (non-hydrogen) atoms. The molecule has 1 saturated heterocycles. The predicted molar refractivity (Wildman–Crippen MR) is 72.0 cm³/mol. The molecule has 1 unspecified atom stereocenters. The smallest absolute Gasteiger partial charge is 0.254 e. The quantitative estimate of drug-likeness (QED) is 0.879. The van der Waals surface area contributed by atoms with Gasteiger partial charge in [0, 0.05) is 12.6 Å². The minimum Gasteiger partial charge on any atom is -0.348 e. The summed E-state index contributed by atoms with van der Waals surface area (Å²) in [5.74, 6) is -1.06. The van der Waals surface area contributed by atoms with Crippen molar-refractivity contribution in [1.29, 1.82) is 0 Å². The third kappa shape index (κ3) is 3.57. The van der Waals surface area contributed by atoms with Crippen molar-refractivity contribution in [3.63, 3.8) is 0 Å². The second-order valence-corrected chi connectivity index (χ2v) is 4.53. The van der Waals surface area contributed by atoms with Crippen molar-refractivity contribution < 1.29 is 9.18 Å². The van der Waals surface area contributed by atoms with E-state index < -0.39 is 11.7 Å². The molecule has 1 atom stereocenters. The van der Waals surface area contributed by atoms with Crippen LogP contribution in [0, 0.1) is 5.82 Å². The van der Waals surface area contributed by atoms with Crippen molar-refractivity contribution in [2.45, 2.75) is 18.9 Å². The number of hydrogen-bond donors (Lipinski definition) is 2. The normalized spacial score (nSPS) is 18.9. The first-order valence-corrected chi connectivity index (χ1v) is 6.02. The number of rotatable bonds is 2. The highest BCUT2D eigenvalue weighted by Crippen LogP contribution is 2.18. The van der Waals surface area contributed by atoms with Crippen molar-refractivity contribution >= 4 is 29.9 Å². The topological polar surface area (TPSA) is 41.1 Å². The molecular formula is C12H15Cl2FN2O. The van der Waals surface area contributed by atoms with Gasteiger partial charge in [-0.05, 0) is 31.5 Å². The van der Waals surface area contributed by atoms with E-state index >= 15 is 0 Å². The molecule has 2 rings (SSSR count). The van der Waals surface area contributed by atoms with Crippen molar-refractivity contribution in [1.82, 2.24) is 10.6 Å². The summed E-state index contributed by atoms with van der Waals surface area (Å²) >= 11 is 5.63. The summed E-state index contributed by atoms with van der Waals surface area (Å²) in [6.07, 6.45) is 1.93. The third-order valence-electron chi connectivity index (χ3n) is 2.83. The highest BCUT2D eigenvalue weighted by atomic mass is 35.5. The molecule has 100 valence electrons. The lowest BCUT2D eigenvalue weighted by Gasteiger charge is -2.23. The second kappa shape index (κ2) is 6.92. The Morgan fingerprint density at radius 2 is 2.28 bits per heavy atom. The first-order chi connectivity index (χ1) is 8.18. The zero-order valence-electron chi connectivity index (χ0n) is 9.71. The Morgan fingerprint density at radius 3 is 2.94 bits per heavy atom. The summed E-state index contributed by atoms with van der Waals surface area (Å²) in [6, 6.07) is 4.50. The Kier molecular flexibility index (Phi) is 5.85. The molecular weight excluding hydrogens is 278 g/mol. The zero-order valence-corrected chi connectivity index (χ0v) is 11.3. The number of carbonyl (C=O) groups is 1. The Labute approximate surface area is 116 Å². The summed E-state index contributed by atoms with van der Waals surface area (Å²) in [4.78, 5) is 11.8. The average Bonchev–Trinajstić information content (AvgIpc) is 2.34. The minimum atomic E-state index is -0.657. The van der Waals surface area contributed by atoms with Crippen LogP contribution < -0.4 is 10.6 Å². The molecule has 3 nitrogen and oxygen atoms in total. The van der Waals surface area contributed by atoms with E-state index in [1.54, 1.807) is 6.07 Å². The number of benzene rings is 1. The highest BCUT2D eigenvalue weighted by Gasteiger charge is 2.19. The summed E-state index contributed by atoms with van der Waals surface area (Å²) in [7, 11) is 0. The summed E-state index contributed by atoms with van der Waals surface area (Å²) in [5, 5.41) is 5.96. The number of amides is 1. The van der Waals surface area contributed by atoms with E-state index in [4.69, 9.17) is 11.6 Å². The van der Waals surface area contributed by atoms with Crippen molar-refractivity contribution in [2.75, 3.05) is 13.1 Å². The molecule has 1 aliphatic rings. The van der Waals surface area contributed by atoms with Crippen LogP contribution in [0.25, 0.3) is 0 Å². The van der Waals surface area contributed by atoms with Gasteiger partial charge in [-0.2, -0.15) is 0 Å². The fourth-order valence-corrected chi connectivity index (χ4v) is 2.09. The largest absolute Gasteiger partial charge is 0.348 e. The van der Waals surface area contributed by atoms with Gasteiger partial charge in [-0.25, -0.2) is 4.39 Å². The van der Waals surface area contributed by atoms with Gasteiger partial charge in [-0.15, -0.1) is 12.4 Å². The van der Waals surface area contributed by atoms with Crippen LogP contribution in [0.1, 0.15) is 23.2 Å². The van der Waals surface area contributed by atoms with Crippen LogP contribution in [0.15, 0.2) is 18.2 Å². The summed E-state index contributed by atoms with van der Waals surface area (Å²) in [6.45, 7) is 1.70. The van der Waals surface area contributed by atoms with Crippen molar-refractivity contribution in [3.05, 3.63) is 34.6 Å². The monoisotopic (exact) mass is 292 g/mol. The molecule has 0 aliphatic carbocycles. The van der Waals surface area contributed by atoms with Crippen LogP contribution >= 0.6 is 24.0 Å². The van der Waals surface area contributed by atoms with E-state index in [2.05, 4.69) is 10.6 Å². The molecule has 1 amide bonds. The molecule has 1 fully saturated rings. The van der Waals surface area contributed by atoms with E-state index in [1.807, 2.05) is 0 Å². The summed E-state index contributed by atoms with van der Waals surface area (Å²) < 4.78 is 13.6. The van der Waals surface area contributed by atoms with Gasteiger partial charge in [-0.3, -0.25) is 4.79 Å². The lowest BCUT2D eigenvalue weighted by molar-refractivity contribution is 0.0926. The lowest BCUT2D eigenvalue weighted by Crippen LogP contribution is -2.45. The zero-order chi connectivity index (χ0) is 12.3. The van der Waals surface area contributed by atoms with E-state index in [0.29, 0.717) is 0 Å². The van der Waals surface area contributed by atoms with Crippen LogP contribution in [0.2, 0.25) is 5.02 Å². The molecule has 1 aromatic carbocycles. The fourth-order valence-electron chi connectivity index (χ4n) is 1.92. The molecule has 0 aromatic heterocycles. The average molecular weight is 293 g/mol. The predicted octanol–water partition coefficient (Wildman–Crippen LogP) is 2.38. The van der Waals surface area contributed by atoms with E-state index in [0.717, 1.165) is 25.9 Å². The molecule has 2 N–H and O–H groups in total. The Bertz CT molecular complexity index is 423. The second-order valence-electron chi connectivity index (χ2n) is 4.12. The first kappa shape index (κ1) is 15.2. The third-order valence-corrected chi connectivity index (χ3v) is 3.12.